The van der Waals surface area contributed by atoms with Gasteiger partial charge in [0.05, 0.1) is 41.3 Å². The fourth-order valence-electron chi connectivity index (χ4n) is 7.36. The minimum absolute atomic E-state index is 0.00804. The summed E-state index contributed by atoms with van der Waals surface area (Å²) in [5.74, 6) is 0.165. The number of esters is 1. The number of carbonyl (C=O) groups is 1. The molecule has 8 bridgehead atoms. The van der Waals surface area contributed by atoms with Crippen molar-refractivity contribution in [1.82, 2.24) is 10.3 Å². The topological polar surface area (TPSA) is 109 Å². The zero-order valence-electron chi connectivity index (χ0n) is 27.7. The van der Waals surface area contributed by atoms with Gasteiger partial charge >= 0.3 is 5.97 Å². The highest BCUT2D eigenvalue weighted by atomic mass is 16.5. The van der Waals surface area contributed by atoms with Crippen LogP contribution in [0.1, 0.15) is 65.9 Å². The lowest BCUT2D eigenvalue weighted by Crippen LogP contribution is -2.16. The number of methoxy groups -OCH3 is 1. The Kier molecular flexibility index (Phi) is 7.74. The summed E-state index contributed by atoms with van der Waals surface area (Å²) < 4.78 is 5.01. The number of aliphatic imine (C=N–C) groups is 3. The summed E-state index contributed by atoms with van der Waals surface area (Å²) >= 11 is 0. The fraction of sp³-hybridized carbons (Fsp3) is 0.308. The molecule has 2 atom stereocenters. The molecule has 6 heterocycles. The number of rotatable bonds is 6. The molecule has 47 heavy (non-hydrogen) atoms. The zero-order chi connectivity index (χ0) is 33.0. The van der Waals surface area contributed by atoms with Crippen molar-refractivity contribution in [3.05, 3.63) is 128 Å². The van der Waals surface area contributed by atoms with Gasteiger partial charge in [0, 0.05) is 65.2 Å². The van der Waals surface area contributed by atoms with Crippen LogP contribution >= 0.6 is 0 Å². The summed E-state index contributed by atoms with van der Waals surface area (Å²) in [7, 11) is 1.43. The molecule has 0 aromatic carbocycles. The lowest BCUT2D eigenvalue weighted by Gasteiger charge is -2.17. The average Bonchev–Trinajstić information content (AvgIpc) is 3.82. The van der Waals surface area contributed by atoms with E-state index >= 15 is 0 Å². The molecule has 0 spiro atoms. The van der Waals surface area contributed by atoms with E-state index in [0.717, 1.165) is 91.0 Å². The van der Waals surface area contributed by atoms with Crippen molar-refractivity contribution in [3.63, 3.8) is 0 Å². The second kappa shape index (κ2) is 11.9. The van der Waals surface area contributed by atoms with Crippen LogP contribution in [0.5, 0.6) is 0 Å². The van der Waals surface area contributed by atoms with E-state index in [9.17, 15) is 9.90 Å². The third-order valence-corrected chi connectivity index (χ3v) is 10.1. The first kappa shape index (κ1) is 30.5. The van der Waals surface area contributed by atoms with E-state index in [2.05, 4.69) is 68.4 Å². The minimum Gasteiger partial charge on any atom is -0.511 e. The SMILES string of the molecule is CCC1=C(C)C2=NC1=CC1=C(C)C3=C(O)CC(=C4NC(=CC5=NC(=C2)C(/C=C/c2cccnc2)=C5C)[C@@H](C)[C@@H]4CCC(=O)OC)C3=N1. The van der Waals surface area contributed by atoms with Gasteiger partial charge in [-0.3, -0.25) is 9.78 Å². The third kappa shape index (κ3) is 5.22. The second-order valence-electron chi connectivity index (χ2n) is 12.8. The standard InChI is InChI=1S/C39H39N5O3/c1-7-25-20(2)30-17-34-26(11-10-24-9-8-14-40-19-24)21(3)29(42-34)16-31-22(4)27(12-13-36(46)47-6)38(43-31)28-15-35(45)37-23(5)32(44-39(28)37)18-33(25)41-30/h8-11,14,16-19,22,27,43,45H,7,12-13,15H2,1-6H3/b11-10+,31-16?,33-18?,34-17?,38-28?/t22-,27-/m0/s1. The van der Waals surface area contributed by atoms with E-state index in [1.807, 2.05) is 25.3 Å². The highest BCUT2D eigenvalue weighted by Crippen LogP contribution is 2.46. The first-order valence-electron chi connectivity index (χ1n) is 16.3. The van der Waals surface area contributed by atoms with E-state index in [4.69, 9.17) is 19.7 Å². The Labute approximate surface area is 275 Å². The van der Waals surface area contributed by atoms with Gasteiger partial charge in [-0.15, -0.1) is 0 Å². The van der Waals surface area contributed by atoms with Gasteiger partial charge in [0.2, 0.25) is 0 Å². The Morgan fingerprint density at radius 3 is 2.57 bits per heavy atom. The molecule has 238 valence electrons. The number of aliphatic hydroxyl groups is 1. The first-order chi connectivity index (χ1) is 22.7. The molecule has 0 saturated carbocycles. The molecular formula is C39H39N5O3. The molecule has 8 heteroatoms. The van der Waals surface area contributed by atoms with Gasteiger partial charge in [-0.1, -0.05) is 32.1 Å². The van der Waals surface area contributed by atoms with Crippen LogP contribution in [0.15, 0.2) is 137 Å². The van der Waals surface area contributed by atoms with Crippen LogP contribution in [0.25, 0.3) is 6.08 Å². The molecule has 1 saturated heterocycles. The number of hydrogen-bond donors (Lipinski definition) is 2. The van der Waals surface area contributed by atoms with Gasteiger partial charge < -0.3 is 15.2 Å². The van der Waals surface area contributed by atoms with Crippen molar-refractivity contribution >= 4 is 29.2 Å². The van der Waals surface area contributed by atoms with Gasteiger partial charge in [-0.05, 0) is 85.8 Å². The van der Waals surface area contributed by atoms with Gasteiger partial charge in [0.1, 0.15) is 5.76 Å². The third-order valence-electron chi connectivity index (χ3n) is 10.1. The van der Waals surface area contributed by atoms with E-state index in [1.54, 1.807) is 6.20 Å². The number of nitrogens with zero attached hydrogens (tertiary/aromatic N) is 4. The predicted molar refractivity (Wildman–Crippen MR) is 187 cm³/mol. The number of hydrogen-bond acceptors (Lipinski definition) is 8. The first-order valence-corrected chi connectivity index (χ1v) is 16.3. The van der Waals surface area contributed by atoms with Gasteiger partial charge in [-0.2, -0.15) is 0 Å². The van der Waals surface area contributed by atoms with Crippen LogP contribution in [-0.4, -0.2) is 40.3 Å². The summed E-state index contributed by atoms with van der Waals surface area (Å²) in [4.78, 5) is 32.0. The maximum absolute atomic E-state index is 12.3. The molecule has 8 nitrogen and oxygen atoms in total. The van der Waals surface area contributed by atoms with Crippen LogP contribution in [-0.2, 0) is 9.53 Å². The van der Waals surface area contributed by atoms with Crippen LogP contribution < -0.4 is 5.32 Å². The van der Waals surface area contributed by atoms with Crippen LogP contribution in [0.2, 0.25) is 0 Å². The van der Waals surface area contributed by atoms with Crippen LogP contribution in [0, 0.1) is 11.8 Å². The molecule has 0 unspecified atom stereocenters. The lowest BCUT2D eigenvalue weighted by molar-refractivity contribution is -0.140. The Morgan fingerprint density at radius 1 is 1.04 bits per heavy atom. The monoisotopic (exact) mass is 625 g/mol. The normalized spacial score (nSPS) is 23.4. The zero-order valence-corrected chi connectivity index (χ0v) is 27.7. The van der Waals surface area contributed by atoms with Gasteiger partial charge in [0.15, 0.2) is 0 Å². The van der Waals surface area contributed by atoms with Crippen molar-refractivity contribution < 1.29 is 14.6 Å². The molecule has 1 fully saturated rings. The van der Waals surface area contributed by atoms with E-state index in [-0.39, 0.29) is 17.8 Å². The maximum Gasteiger partial charge on any atom is 0.305 e. The number of aromatic nitrogens is 1. The number of pyridine rings is 1. The van der Waals surface area contributed by atoms with Crippen molar-refractivity contribution in [1.29, 1.82) is 0 Å². The largest absolute Gasteiger partial charge is 0.511 e. The number of aliphatic hydroxyl groups excluding tert-OH is 1. The van der Waals surface area contributed by atoms with Crippen molar-refractivity contribution in [2.75, 3.05) is 7.11 Å². The quantitative estimate of drug-likeness (QED) is 0.315. The Balaban J connectivity index is 1.44. The summed E-state index contributed by atoms with van der Waals surface area (Å²) in [6, 6.07) is 3.96. The smallest absolute Gasteiger partial charge is 0.305 e. The molecule has 6 aliphatic rings. The second-order valence-corrected chi connectivity index (χ2v) is 12.8. The maximum atomic E-state index is 12.3. The molecule has 0 amide bonds. The molecule has 5 aliphatic heterocycles. The number of carbonyl (C=O) groups excluding carboxylic acids is 1. The highest BCUT2D eigenvalue weighted by Gasteiger charge is 2.41. The Bertz CT molecular complexity index is 2000. The Morgan fingerprint density at radius 2 is 1.83 bits per heavy atom. The summed E-state index contributed by atoms with van der Waals surface area (Å²) in [5, 5.41) is 15.0. The molecule has 0 radical (unpaired) electrons. The number of nitrogens with one attached hydrogen (secondary N) is 1. The number of ether oxygens (including phenoxy) is 1. The van der Waals surface area contributed by atoms with Crippen molar-refractivity contribution in [2.45, 2.75) is 60.3 Å². The fourth-order valence-corrected chi connectivity index (χ4v) is 7.36. The van der Waals surface area contributed by atoms with Crippen LogP contribution in [0.4, 0.5) is 0 Å². The molecule has 1 aromatic heterocycles. The van der Waals surface area contributed by atoms with E-state index < -0.39 is 0 Å². The number of fused-ring (bicyclic) bond motifs is 5. The molecular weight excluding hydrogens is 586 g/mol. The summed E-state index contributed by atoms with van der Waals surface area (Å²) in [6.45, 7) is 10.6. The van der Waals surface area contributed by atoms with Crippen molar-refractivity contribution in [3.8, 4) is 0 Å². The lowest BCUT2D eigenvalue weighted by atomic mass is 9.86. The molecule has 1 aliphatic carbocycles. The predicted octanol–water partition coefficient (Wildman–Crippen LogP) is 7.72. The highest BCUT2D eigenvalue weighted by molar-refractivity contribution is 6.21. The van der Waals surface area contributed by atoms with Gasteiger partial charge in [0.25, 0.3) is 0 Å². The number of allylic oxidation sites excluding steroid dienone is 12. The van der Waals surface area contributed by atoms with E-state index in [0.29, 0.717) is 25.0 Å². The van der Waals surface area contributed by atoms with Crippen molar-refractivity contribution in [2.24, 2.45) is 26.8 Å². The summed E-state index contributed by atoms with van der Waals surface area (Å²) in [6.07, 6.45) is 16.2. The molecule has 1 aromatic rings. The summed E-state index contributed by atoms with van der Waals surface area (Å²) in [5.41, 5.74) is 15.3. The molecule has 7 rings (SSSR count). The minimum atomic E-state index is -0.236. The Hall–Kier alpha value is -5.11. The van der Waals surface area contributed by atoms with Crippen LogP contribution in [0.3, 0.4) is 0 Å². The van der Waals surface area contributed by atoms with Gasteiger partial charge in [-0.25, -0.2) is 15.0 Å². The van der Waals surface area contributed by atoms with E-state index in [1.165, 1.54) is 12.7 Å². The average molecular weight is 626 g/mol. The molecule has 2 N–H and O–H groups in total.